The van der Waals surface area contributed by atoms with Crippen molar-refractivity contribution < 1.29 is 23.5 Å². The molecule has 2 aromatic carbocycles. The third-order valence-electron chi connectivity index (χ3n) is 4.98. The highest BCUT2D eigenvalue weighted by Crippen LogP contribution is 2.25. The molecule has 0 saturated heterocycles. The van der Waals surface area contributed by atoms with Crippen LogP contribution >= 0.6 is 11.8 Å². The molecule has 35 heavy (non-hydrogen) atoms. The molecule has 0 aliphatic rings. The molecule has 0 unspecified atom stereocenters. The summed E-state index contributed by atoms with van der Waals surface area (Å²) in [5.74, 6) is -0.0252. The molecule has 0 fully saturated rings. The highest BCUT2D eigenvalue weighted by Gasteiger charge is 2.20. The predicted molar refractivity (Wildman–Crippen MR) is 127 cm³/mol. The number of carbonyl (C=O) groups is 2. The topological polar surface area (TPSA) is 100 Å². The van der Waals surface area contributed by atoms with Gasteiger partial charge in [-0.3, -0.25) is 19.5 Å². The second-order valence-corrected chi connectivity index (χ2v) is 8.26. The zero-order valence-electron chi connectivity index (χ0n) is 19.0. The molecule has 11 heteroatoms. The number of thioether (sulfide) groups is 1. The van der Waals surface area contributed by atoms with Crippen LogP contribution in [0.3, 0.4) is 0 Å². The fraction of sp³-hybridized carbons (Fsp3) is 0.167. The molecule has 180 valence electrons. The zero-order valence-corrected chi connectivity index (χ0v) is 19.8. The molecule has 1 N–H and O–H groups in total. The first-order valence-electron chi connectivity index (χ1n) is 10.5. The lowest BCUT2D eigenvalue weighted by atomic mass is 10.3. The fourth-order valence-corrected chi connectivity index (χ4v) is 4.00. The van der Waals surface area contributed by atoms with E-state index < -0.39 is 17.6 Å². The van der Waals surface area contributed by atoms with E-state index in [0.29, 0.717) is 23.0 Å². The van der Waals surface area contributed by atoms with Crippen LogP contribution in [0.5, 0.6) is 11.5 Å². The van der Waals surface area contributed by atoms with Crippen molar-refractivity contribution in [1.82, 2.24) is 24.6 Å². The minimum Gasteiger partial charge on any atom is -0.497 e. The molecule has 2 heterocycles. The van der Waals surface area contributed by atoms with Crippen molar-refractivity contribution in [3.05, 3.63) is 84.2 Å². The fourth-order valence-electron chi connectivity index (χ4n) is 3.24. The van der Waals surface area contributed by atoms with Crippen molar-refractivity contribution >= 4 is 23.6 Å². The maximum Gasteiger partial charge on any atom is 0.274 e. The Bertz CT molecular complexity index is 1340. The molecule has 0 spiro atoms. The van der Waals surface area contributed by atoms with Gasteiger partial charge in [0.05, 0.1) is 18.6 Å². The molecule has 0 atom stereocenters. The number of hydrogen-bond donors (Lipinski definition) is 1. The monoisotopic (exact) mass is 495 g/mol. The molecule has 0 aliphatic carbocycles. The number of aryl methyl sites for hydroxylation is 1. The normalized spacial score (nSPS) is 10.7. The molecule has 0 bridgehead atoms. The summed E-state index contributed by atoms with van der Waals surface area (Å²) in [5, 5.41) is 10.9. The number of halogens is 1. The summed E-state index contributed by atoms with van der Waals surface area (Å²) in [5.41, 5.74) is 0.574. The molecule has 0 radical (unpaired) electrons. The number of ether oxygens (including phenoxy) is 2. The number of amides is 2. The Morgan fingerprint density at radius 2 is 1.77 bits per heavy atom. The van der Waals surface area contributed by atoms with E-state index in [1.54, 1.807) is 79.5 Å². The first kappa shape index (κ1) is 24.0. The van der Waals surface area contributed by atoms with E-state index in [2.05, 4.69) is 15.5 Å². The summed E-state index contributed by atoms with van der Waals surface area (Å²) in [7, 11) is 3.28. The van der Waals surface area contributed by atoms with Crippen molar-refractivity contribution in [2.45, 2.75) is 11.8 Å². The summed E-state index contributed by atoms with van der Waals surface area (Å²) in [6.45, 7) is 0.00634. The van der Waals surface area contributed by atoms with Crippen molar-refractivity contribution in [3.8, 4) is 17.2 Å². The van der Waals surface area contributed by atoms with Gasteiger partial charge in [-0.2, -0.15) is 0 Å². The van der Waals surface area contributed by atoms with Gasteiger partial charge in [0, 0.05) is 13.2 Å². The number of methoxy groups -OCH3 is 1. The van der Waals surface area contributed by atoms with Crippen molar-refractivity contribution in [1.29, 1.82) is 0 Å². The van der Waals surface area contributed by atoms with Gasteiger partial charge in [0.25, 0.3) is 5.91 Å². The molecule has 2 aromatic heterocycles. The van der Waals surface area contributed by atoms with Crippen LogP contribution < -0.4 is 14.8 Å². The number of carbonyl (C=O) groups excluding carboxylic acids is 2. The van der Waals surface area contributed by atoms with E-state index in [0.717, 1.165) is 11.8 Å². The van der Waals surface area contributed by atoms with Gasteiger partial charge in [-0.1, -0.05) is 23.9 Å². The maximum absolute atomic E-state index is 14.7. The SMILES string of the molecule is COc1ccc(OCc2nnc(SCC(=O)NC(=O)c3cccn3C)n2-c2ccccc2F)cc1. The molecule has 4 rings (SSSR count). The Balaban J connectivity index is 1.50. The highest BCUT2D eigenvalue weighted by atomic mass is 32.2. The molecule has 2 amide bonds. The number of rotatable bonds is 9. The van der Waals surface area contributed by atoms with Crippen molar-refractivity contribution in [3.63, 3.8) is 0 Å². The van der Waals surface area contributed by atoms with Gasteiger partial charge < -0.3 is 14.0 Å². The van der Waals surface area contributed by atoms with E-state index in [1.165, 1.54) is 10.6 Å². The first-order chi connectivity index (χ1) is 17.0. The van der Waals surface area contributed by atoms with Gasteiger partial charge >= 0.3 is 0 Å². The summed E-state index contributed by atoms with van der Waals surface area (Å²) < 4.78 is 28.7. The molecule has 4 aromatic rings. The Labute approximate surface area is 204 Å². The average Bonchev–Trinajstić information content (AvgIpc) is 3.48. The minimum atomic E-state index is -0.514. The Morgan fingerprint density at radius 3 is 2.46 bits per heavy atom. The lowest BCUT2D eigenvalue weighted by Gasteiger charge is -2.12. The molecule has 9 nitrogen and oxygen atoms in total. The Morgan fingerprint density at radius 1 is 1.03 bits per heavy atom. The number of hydrogen-bond acceptors (Lipinski definition) is 7. The molecular formula is C24H22FN5O4S. The van der Waals surface area contributed by atoms with Crippen LogP contribution in [0, 0.1) is 5.82 Å². The van der Waals surface area contributed by atoms with Crippen LogP contribution in [0.15, 0.2) is 72.0 Å². The number of imide groups is 1. The minimum absolute atomic E-state index is 0.00634. The number of aromatic nitrogens is 4. The number of benzene rings is 2. The van der Waals surface area contributed by atoms with Crippen molar-refractivity contribution in [2.75, 3.05) is 12.9 Å². The summed E-state index contributed by atoms with van der Waals surface area (Å²) >= 11 is 1.03. The third kappa shape index (κ3) is 5.69. The van der Waals surface area contributed by atoms with Crippen LogP contribution in [0.25, 0.3) is 5.69 Å². The van der Waals surface area contributed by atoms with Crippen LogP contribution in [0.2, 0.25) is 0 Å². The second-order valence-electron chi connectivity index (χ2n) is 7.32. The Hall–Kier alpha value is -4.12. The van der Waals surface area contributed by atoms with Gasteiger partial charge in [-0.15, -0.1) is 10.2 Å². The van der Waals surface area contributed by atoms with E-state index in [1.807, 2.05) is 0 Å². The number of nitrogens with zero attached hydrogens (tertiary/aromatic N) is 4. The van der Waals surface area contributed by atoms with Gasteiger partial charge in [-0.05, 0) is 48.5 Å². The summed E-state index contributed by atoms with van der Waals surface area (Å²) in [4.78, 5) is 24.7. The van der Waals surface area contributed by atoms with Crippen LogP contribution in [-0.2, 0) is 18.4 Å². The predicted octanol–water partition coefficient (Wildman–Crippen LogP) is 3.38. The smallest absolute Gasteiger partial charge is 0.274 e. The van der Waals surface area contributed by atoms with Gasteiger partial charge in [0.15, 0.2) is 11.0 Å². The van der Waals surface area contributed by atoms with Crippen LogP contribution in [0.4, 0.5) is 4.39 Å². The molecule has 0 aliphatic heterocycles. The van der Waals surface area contributed by atoms with Crippen LogP contribution in [0.1, 0.15) is 16.3 Å². The quantitative estimate of drug-likeness (QED) is 0.355. The Kier molecular flexibility index (Phi) is 7.46. The van der Waals surface area contributed by atoms with Gasteiger partial charge in [0.2, 0.25) is 5.91 Å². The van der Waals surface area contributed by atoms with E-state index in [-0.39, 0.29) is 23.2 Å². The maximum atomic E-state index is 14.7. The largest absolute Gasteiger partial charge is 0.497 e. The van der Waals surface area contributed by atoms with Gasteiger partial charge in [0.1, 0.15) is 29.6 Å². The number of nitrogens with one attached hydrogen (secondary N) is 1. The van der Waals surface area contributed by atoms with Crippen LogP contribution in [-0.4, -0.2) is 44.0 Å². The summed E-state index contributed by atoms with van der Waals surface area (Å²) in [6.07, 6.45) is 1.71. The van der Waals surface area contributed by atoms with Crippen molar-refractivity contribution in [2.24, 2.45) is 7.05 Å². The second kappa shape index (κ2) is 10.9. The lowest BCUT2D eigenvalue weighted by molar-refractivity contribution is -0.117. The molecular weight excluding hydrogens is 473 g/mol. The highest BCUT2D eigenvalue weighted by molar-refractivity contribution is 7.99. The third-order valence-corrected chi connectivity index (χ3v) is 5.91. The average molecular weight is 496 g/mol. The standard InChI is InChI=1S/C24H22FN5O4S/c1-29-13-5-8-20(29)23(32)26-22(31)15-35-24-28-27-21(30(24)19-7-4-3-6-18(19)25)14-34-17-11-9-16(33-2)10-12-17/h3-13H,14-15H2,1-2H3,(H,26,31,32). The lowest BCUT2D eigenvalue weighted by Crippen LogP contribution is -2.33. The van der Waals surface area contributed by atoms with E-state index in [4.69, 9.17) is 9.47 Å². The van der Waals surface area contributed by atoms with E-state index >= 15 is 0 Å². The zero-order chi connectivity index (χ0) is 24.8. The van der Waals surface area contributed by atoms with Gasteiger partial charge in [-0.25, -0.2) is 4.39 Å². The number of para-hydroxylation sites is 1. The summed E-state index contributed by atoms with van der Waals surface area (Å²) in [6, 6.07) is 16.5. The molecule has 0 saturated carbocycles. The first-order valence-corrected chi connectivity index (χ1v) is 11.5. The van der Waals surface area contributed by atoms with E-state index in [9.17, 15) is 14.0 Å².